The van der Waals surface area contributed by atoms with Crippen molar-refractivity contribution in [3.63, 3.8) is 0 Å². The molecule has 3 aromatic rings. The maximum atomic E-state index is 12.9. The van der Waals surface area contributed by atoms with E-state index in [4.69, 9.17) is 0 Å². The fourth-order valence-electron chi connectivity index (χ4n) is 4.31. The third kappa shape index (κ3) is 3.66. The highest BCUT2D eigenvalue weighted by Crippen LogP contribution is 2.36. The number of rotatable bonds is 5. The highest BCUT2D eigenvalue weighted by atomic mass is 16.2. The first kappa shape index (κ1) is 21.7. The van der Waals surface area contributed by atoms with Gasteiger partial charge in [-0.3, -0.25) is 19.7 Å². The second-order valence-electron chi connectivity index (χ2n) is 8.56. The van der Waals surface area contributed by atoms with Crippen molar-refractivity contribution >= 4 is 34.4 Å². The van der Waals surface area contributed by atoms with Crippen molar-refractivity contribution in [1.29, 1.82) is 0 Å². The van der Waals surface area contributed by atoms with Gasteiger partial charge in [0.15, 0.2) is 5.65 Å². The van der Waals surface area contributed by atoms with Crippen LogP contribution in [0.25, 0.3) is 11.0 Å². The molecule has 0 saturated carbocycles. The molecule has 3 amide bonds. The summed E-state index contributed by atoms with van der Waals surface area (Å²) < 4.78 is 1.83. The predicted molar refractivity (Wildman–Crippen MR) is 121 cm³/mol. The van der Waals surface area contributed by atoms with Gasteiger partial charge in [-0.25, -0.2) is 9.67 Å². The molecule has 1 saturated heterocycles. The van der Waals surface area contributed by atoms with E-state index in [1.807, 2.05) is 50.6 Å². The minimum Gasteiger partial charge on any atom is -0.322 e. The van der Waals surface area contributed by atoms with Gasteiger partial charge in [-0.05, 0) is 57.4 Å². The number of aryl methyl sites for hydroxylation is 1. The summed E-state index contributed by atoms with van der Waals surface area (Å²) in [7, 11) is 0. The maximum Gasteiger partial charge on any atom is 0.257 e. The molecule has 1 aromatic carbocycles. The Morgan fingerprint density at radius 2 is 1.97 bits per heavy atom. The lowest BCUT2D eigenvalue weighted by Crippen LogP contribution is -2.51. The smallest absolute Gasteiger partial charge is 0.257 e. The summed E-state index contributed by atoms with van der Waals surface area (Å²) in [4.78, 5) is 41.7. The van der Waals surface area contributed by atoms with Gasteiger partial charge in [0.05, 0.1) is 22.9 Å². The lowest BCUT2D eigenvalue weighted by Gasteiger charge is -2.35. The Labute approximate surface area is 186 Å². The van der Waals surface area contributed by atoms with Gasteiger partial charge in [-0.2, -0.15) is 5.10 Å². The van der Waals surface area contributed by atoms with Crippen LogP contribution in [-0.4, -0.2) is 32.5 Å². The fourth-order valence-corrected chi connectivity index (χ4v) is 4.31. The van der Waals surface area contributed by atoms with Gasteiger partial charge >= 0.3 is 0 Å². The van der Waals surface area contributed by atoms with Crippen LogP contribution in [0.3, 0.4) is 0 Å². The van der Waals surface area contributed by atoms with Gasteiger partial charge < -0.3 is 5.32 Å². The highest BCUT2D eigenvalue weighted by Gasteiger charge is 2.42. The number of carbonyl (C=O) groups excluding carboxylic acids is 3. The molecule has 1 aliphatic heterocycles. The highest BCUT2D eigenvalue weighted by molar-refractivity contribution is 6.07. The predicted octanol–water partition coefficient (Wildman–Crippen LogP) is 3.66. The number of aromatic nitrogens is 3. The molecule has 4 rings (SSSR count). The van der Waals surface area contributed by atoms with Crippen LogP contribution in [0.5, 0.6) is 0 Å². The van der Waals surface area contributed by atoms with Gasteiger partial charge in [0.1, 0.15) is 0 Å². The van der Waals surface area contributed by atoms with Gasteiger partial charge in [0.2, 0.25) is 11.8 Å². The van der Waals surface area contributed by atoms with E-state index in [1.54, 1.807) is 18.3 Å². The summed E-state index contributed by atoms with van der Waals surface area (Å²) in [5, 5.41) is 10.5. The van der Waals surface area contributed by atoms with Crippen LogP contribution in [0.2, 0.25) is 0 Å². The van der Waals surface area contributed by atoms with Crippen LogP contribution in [0.4, 0.5) is 5.69 Å². The first-order valence-corrected chi connectivity index (χ1v) is 10.9. The standard InChI is InChI=1S/C24H27N5O3/c1-5-24(11-10-20(30)28-23(24)32)17-6-8-18(9-7-17)27-22(31)19-12-16-13-25-29(14(2)3)21(16)26-15(19)4/h6-9,12-14H,5,10-11H2,1-4H3,(H,27,31)(H,28,30,32). The van der Waals surface area contributed by atoms with Crippen molar-refractivity contribution < 1.29 is 14.4 Å². The first-order chi connectivity index (χ1) is 15.2. The quantitative estimate of drug-likeness (QED) is 0.598. The van der Waals surface area contributed by atoms with E-state index in [-0.39, 0.29) is 23.8 Å². The molecule has 0 spiro atoms. The largest absolute Gasteiger partial charge is 0.322 e. The molecule has 1 atom stereocenters. The number of anilines is 1. The Morgan fingerprint density at radius 3 is 2.59 bits per heavy atom. The molecule has 0 radical (unpaired) electrons. The molecule has 8 heteroatoms. The zero-order valence-electron chi connectivity index (χ0n) is 18.7. The van der Waals surface area contributed by atoms with E-state index in [0.29, 0.717) is 36.2 Å². The van der Waals surface area contributed by atoms with Gasteiger partial charge in [-0.15, -0.1) is 0 Å². The van der Waals surface area contributed by atoms with Crippen molar-refractivity contribution in [1.82, 2.24) is 20.1 Å². The normalized spacial score (nSPS) is 18.8. The number of carbonyl (C=O) groups is 3. The summed E-state index contributed by atoms with van der Waals surface area (Å²) in [6.45, 7) is 7.82. The Balaban J connectivity index is 1.56. The topological polar surface area (TPSA) is 106 Å². The van der Waals surface area contributed by atoms with E-state index in [9.17, 15) is 14.4 Å². The average molecular weight is 434 g/mol. The lowest BCUT2D eigenvalue weighted by atomic mass is 9.72. The van der Waals surface area contributed by atoms with Crippen LogP contribution >= 0.6 is 0 Å². The number of piperidine rings is 1. The number of benzene rings is 1. The Kier molecular flexibility index (Phi) is 5.54. The molecule has 1 fully saturated rings. The summed E-state index contributed by atoms with van der Waals surface area (Å²) in [5.74, 6) is -0.749. The molecular formula is C24H27N5O3. The van der Waals surface area contributed by atoms with Crippen LogP contribution in [0, 0.1) is 6.92 Å². The molecular weight excluding hydrogens is 406 g/mol. The number of imide groups is 1. The number of fused-ring (bicyclic) bond motifs is 1. The molecule has 1 aliphatic rings. The van der Waals surface area contributed by atoms with Crippen molar-refractivity contribution in [2.45, 2.75) is 58.4 Å². The first-order valence-electron chi connectivity index (χ1n) is 10.9. The van der Waals surface area contributed by atoms with Crippen LogP contribution in [0.1, 0.15) is 67.7 Å². The monoisotopic (exact) mass is 433 g/mol. The van der Waals surface area contributed by atoms with E-state index >= 15 is 0 Å². The molecule has 166 valence electrons. The van der Waals surface area contributed by atoms with E-state index in [2.05, 4.69) is 20.7 Å². The number of amides is 3. The number of nitrogens with one attached hydrogen (secondary N) is 2. The van der Waals surface area contributed by atoms with Crippen LogP contribution in [0.15, 0.2) is 36.5 Å². The second kappa shape index (κ2) is 8.18. The van der Waals surface area contributed by atoms with Crippen LogP contribution < -0.4 is 10.6 Å². The number of hydrogen-bond donors (Lipinski definition) is 2. The van der Waals surface area contributed by atoms with Crippen molar-refractivity contribution in [3.05, 3.63) is 53.3 Å². The third-order valence-electron chi connectivity index (χ3n) is 6.26. The molecule has 1 unspecified atom stereocenters. The minimum absolute atomic E-state index is 0.174. The van der Waals surface area contributed by atoms with E-state index in [0.717, 1.165) is 16.6 Å². The van der Waals surface area contributed by atoms with E-state index < -0.39 is 5.41 Å². The van der Waals surface area contributed by atoms with Crippen molar-refractivity contribution in [2.75, 3.05) is 5.32 Å². The van der Waals surface area contributed by atoms with Crippen molar-refractivity contribution in [3.8, 4) is 0 Å². The Bertz CT molecular complexity index is 1210. The van der Waals surface area contributed by atoms with E-state index in [1.165, 1.54) is 0 Å². The number of hydrogen-bond acceptors (Lipinski definition) is 5. The van der Waals surface area contributed by atoms with Gasteiger partial charge in [-0.1, -0.05) is 19.1 Å². The summed E-state index contributed by atoms with van der Waals surface area (Å²) >= 11 is 0. The number of nitrogens with zero attached hydrogens (tertiary/aromatic N) is 3. The second-order valence-corrected chi connectivity index (χ2v) is 8.56. The number of pyridine rings is 1. The summed E-state index contributed by atoms with van der Waals surface area (Å²) in [6, 6.07) is 9.24. The molecule has 0 bridgehead atoms. The Morgan fingerprint density at radius 1 is 1.25 bits per heavy atom. The zero-order chi connectivity index (χ0) is 23.0. The zero-order valence-corrected chi connectivity index (χ0v) is 18.7. The summed E-state index contributed by atoms with van der Waals surface area (Å²) in [5.41, 5.74) is 2.60. The molecule has 2 aromatic heterocycles. The maximum absolute atomic E-state index is 12.9. The van der Waals surface area contributed by atoms with Gasteiger partial charge in [0, 0.05) is 23.5 Å². The van der Waals surface area contributed by atoms with Crippen LogP contribution in [-0.2, 0) is 15.0 Å². The van der Waals surface area contributed by atoms with Crippen molar-refractivity contribution in [2.24, 2.45) is 0 Å². The Hall–Kier alpha value is -3.55. The molecule has 8 nitrogen and oxygen atoms in total. The molecule has 2 N–H and O–H groups in total. The fraction of sp³-hybridized carbons (Fsp3) is 0.375. The lowest BCUT2D eigenvalue weighted by molar-refractivity contribution is -0.138. The molecule has 3 heterocycles. The minimum atomic E-state index is -0.724. The third-order valence-corrected chi connectivity index (χ3v) is 6.26. The molecule has 32 heavy (non-hydrogen) atoms. The summed E-state index contributed by atoms with van der Waals surface area (Å²) in [6.07, 6.45) is 3.11. The SMILES string of the molecule is CCC1(c2ccc(NC(=O)c3cc4cnn(C(C)C)c4nc3C)cc2)CCC(=O)NC1=O. The average Bonchev–Trinajstić information content (AvgIpc) is 3.17. The van der Waals surface area contributed by atoms with Gasteiger partial charge in [0.25, 0.3) is 5.91 Å². The molecule has 0 aliphatic carbocycles.